The van der Waals surface area contributed by atoms with E-state index in [1.54, 1.807) is 24.3 Å². The molecule has 0 aliphatic carbocycles. The summed E-state index contributed by atoms with van der Waals surface area (Å²) >= 11 is 0. The van der Waals surface area contributed by atoms with Crippen molar-refractivity contribution in [2.24, 2.45) is 11.5 Å². The van der Waals surface area contributed by atoms with Gasteiger partial charge in [-0.1, -0.05) is 60.2 Å². The van der Waals surface area contributed by atoms with E-state index < -0.39 is 23.7 Å². The summed E-state index contributed by atoms with van der Waals surface area (Å²) in [6.07, 6.45) is 0. The summed E-state index contributed by atoms with van der Waals surface area (Å²) < 4.78 is 0. The SMILES string of the molecule is Cc1ccc([C@@H](C(N)=O)[C@@H](C(N)=O)c2ccccc2)cc1. The Hall–Kier alpha value is -2.62. The van der Waals surface area contributed by atoms with Crippen LogP contribution in [0.1, 0.15) is 28.5 Å². The quantitative estimate of drug-likeness (QED) is 0.876. The molecule has 4 heteroatoms. The second kappa shape index (κ2) is 6.22. The zero-order chi connectivity index (χ0) is 15.4. The first-order valence-electron chi connectivity index (χ1n) is 6.71. The molecule has 0 aliphatic rings. The van der Waals surface area contributed by atoms with Crippen LogP contribution in [0.5, 0.6) is 0 Å². The van der Waals surface area contributed by atoms with Crippen LogP contribution in [0, 0.1) is 6.92 Å². The van der Waals surface area contributed by atoms with Gasteiger partial charge in [-0.2, -0.15) is 0 Å². The fraction of sp³-hybridized carbons (Fsp3) is 0.176. The van der Waals surface area contributed by atoms with Crippen molar-refractivity contribution in [2.75, 3.05) is 0 Å². The van der Waals surface area contributed by atoms with Crippen LogP contribution in [0.4, 0.5) is 0 Å². The average molecular weight is 282 g/mol. The van der Waals surface area contributed by atoms with Crippen molar-refractivity contribution in [2.45, 2.75) is 18.8 Å². The van der Waals surface area contributed by atoms with Crippen molar-refractivity contribution >= 4 is 11.8 Å². The number of carbonyl (C=O) groups excluding carboxylic acids is 2. The standard InChI is InChI=1S/C17H18N2O2/c1-11-7-9-13(10-8-11)15(17(19)21)14(16(18)20)12-5-3-2-4-6-12/h2-10,14-15H,1H3,(H2,18,20)(H2,19,21)/t14-,15+/m0/s1. The Balaban J connectivity index is 2.50. The smallest absolute Gasteiger partial charge is 0.226 e. The predicted molar refractivity (Wildman–Crippen MR) is 81.5 cm³/mol. The van der Waals surface area contributed by atoms with Gasteiger partial charge in [-0.25, -0.2) is 0 Å². The molecule has 2 aromatic carbocycles. The lowest BCUT2D eigenvalue weighted by Crippen LogP contribution is -2.34. The molecule has 0 bridgehead atoms. The van der Waals surface area contributed by atoms with E-state index in [0.717, 1.165) is 5.56 Å². The Labute approximate surface area is 123 Å². The summed E-state index contributed by atoms with van der Waals surface area (Å²) in [6, 6.07) is 16.4. The number of hydrogen-bond donors (Lipinski definition) is 2. The summed E-state index contributed by atoms with van der Waals surface area (Å²) in [5.41, 5.74) is 13.5. The zero-order valence-corrected chi connectivity index (χ0v) is 11.8. The number of rotatable bonds is 5. The molecule has 2 aromatic rings. The third-order valence-corrected chi connectivity index (χ3v) is 3.54. The largest absolute Gasteiger partial charge is 0.369 e. The van der Waals surface area contributed by atoms with E-state index in [9.17, 15) is 9.59 Å². The fourth-order valence-corrected chi connectivity index (χ4v) is 2.48. The molecule has 0 radical (unpaired) electrons. The van der Waals surface area contributed by atoms with E-state index in [1.165, 1.54) is 0 Å². The molecule has 0 fully saturated rings. The van der Waals surface area contributed by atoms with Gasteiger partial charge in [-0.05, 0) is 18.1 Å². The molecule has 2 amide bonds. The van der Waals surface area contributed by atoms with Crippen LogP contribution in [-0.2, 0) is 9.59 Å². The van der Waals surface area contributed by atoms with Gasteiger partial charge in [0.05, 0.1) is 11.8 Å². The first-order chi connectivity index (χ1) is 10.0. The molecule has 0 unspecified atom stereocenters. The van der Waals surface area contributed by atoms with Crippen LogP contribution in [0.3, 0.4) is 0 Å². The van der Waals surface area contributed by atoms with Gasteiger partial charge in [-0.15, -0.1) is 0 Å². The van der Waals surface area contributed by atoms with Gasteiger partial charge in [0.15, 0.2) is 0 Å². The first kappa shape index (κ1) is 14.8. The Morgan fingerprint density at radius 2 is 1.19 bits per heavy atom. The summed E-state index contributed by atoms with van der Waals surface area (Å²) in [6.45, 7) is 1.95. The number of benzene rings is 2. The summed E-state index contributed by atoms with van der Waals surface area (Å²) in [7, 11) is 0. The molecule has 0 aliphatic heterocycles. The molecular formula is C17H18N2O2. The van der Waals surface area contributed by atoms with Crippen molar-refractivity contribution in [1.29, 1.82) is 0 Å². The van der Waals surface area contributed by atoms with E-state index in [2.05, 4.69) is 0 Å². The van der Waals surface area contributed by atoms with Gasteiger partial charge >= 0.3 is 0 Å². The van der Waals surface area contributed by atoms with E-state index in [1.807, 2.05) is 37.3 Å². The molecule has 2 atom stereocenters. The second-order valence-corrected chi connectivity index (χ2v) is 5.08. The topological polar surface area (TPSA) is 86.2 Å². The Bertz CT molecular complexity index is 636. The maximum Gasteiger partial charge on any atom is 0.226 e. The highest BCUT2D eigenvalue weighted by atomic mass is 16.2. The van der Waals surface area contributed by atoms with Gasteiger partial charge in [0, 0.05) is 0 Å². The minimum Gasteiger partial charge on any atom is -0.369 e. The molecule has 21 heavy (non-hydrogen) atoms. The number of hydrogen-bond acceptors (Lipinski definition) is 2. The van der Waals surface area contributed by atoms with Crippen LogP contribution in [0.15, 0.2) is 54.6 Å². The third kappa shape index (κ3) is 3.28. The van der Waals surface area contributed by atoms with Gasteiger partial charge in [0.1, 0.15) is 0 Å². The maximum atomic E-state index is 11.9. The number of primary amides is 2. The number of aryl methyl sites for hydroxylation is 1. The van der Waals surface area contributed by atoms with Gasteiger partial charge < -0.3 is 11.5 Å². The number of carbonyl (C=O) groups is 2. The average Bonchev–Trinajstić information content (AvgIpc) is 2.46. The van der Waals surface area contributed by atoms with Gasteiger partial charge in [0.2, 0.25) is 11.8 Å². The van der Waals surface area contributed by atoms with Crippen LogP contribution in [-0.4, -0.2) is 11.8 Å². The highest BCUT2D eigenvalue weighted by molar-refractivity contribution is 5.93. The highest BCUT2D eigenvalue weighted by Gasteiger charge is 2.33. The van der Waals surface area contributed by atoms with E-state index in [4.69, 9.17) is 11.5 Å². The lowest BCUT2D eigenvalue weighted by molar-refractivity contribution is -0.126. The van der Waals surface area contributed by atoms with E-state index in [-0.39, 0.29) is 0 Å². The molecule has 108 valence electrons. The van der Waals surface area contributed by atoms with E-state index >= 15 is 0 Å². The van der Waals surface area contributed by atoms with Gasteiger partial charge in [0.25, 0.3) is 0 Å². The summed E-state index contributed by atoms with van der Waals surface area (Å²) in [5, 5.41) is 0. The monoisotopic (exact) mass is 282 g/mol. The lowest BCUT2D eigenvalue weighted by atomic mass is 9.80. The van der Waals surface area contributed by atoms with Crippen LogP contribution >= 0.6 is 0 Å². The van der Waals surface area contributed by atoms with Crippen molar-refractivity contribution in [1.82, 2.24) is 0 Å². The molecule has 0 heterocycles. The Kier molecular flexibility index (Phi) is 4.38. The van der Waals surface area contributed by atoms with Gasteiger partial charge in [-0.3, -0.25) is 9.59 Å². The molecular weight excluding hydrogens is 264 g/mol. The highest BCUT2D eigenvalue weighted by Crippen LogP contribution is 2.32. The van der Waals surface area contributed by atoms with E-state index in [0.29, 0.717) is 11.1 Å². The lowest BCUT2D eigenvalue weighted by Gasteiger charge is -2.23. The minimum absolute atomic E-state index is 0.563. The Morgan fingerprint density at radius 3 is 1.62 bits per heavy atom. The van der Waals surface area contributed by atoms with Crippen molar-refractivity contribution in [3.8, 4) is 0 Å². The third-order valence-electron chi connectivity index (χ3n) is 3.54. The number of amides is 2. The van der Waals surface area contributed by atoms with Crippen molar-refractivity contribution < 1.29 is 9.59 Å². The molecule has 4 N–H and O–H groups in total. The van der Waals surface area contributed by atoms with Crippen LogP contribution in [0.25, 0.3) is 0 Å². The molecule has 0 saturated carbocycles. The molecule has 4 nitrogen and oxygen atoms in total. The molecule has 2 rings (SSSR count). The maximum absolute atomic E-state index is 11.9. The normalized spacial score (nSPS) is 13.4. The minimum atomic E-state index is -0.773. The summed E-state index contributed by atoms with van der Waals surface area (Å²) in [5.74, 6) is -2.67. The predicted octanol–water partition coefficient (Wildman–Crippen LogP) is 1.83. The zero-order valence-electron chi connectivity index (χ0n) is 11.8. The first-order valence-corrected chi connectivity index (χ1v) is 6.71. The molecule has 0 spiro atoms. The molecule has 0 aromatic heterocycles. The Morgan fingerprint density at radius 1 is 0.762 bits per heavy atom. The second-order valence-electron chi connectivity index (χ2n) is 5.08. The molecule has 0 saturated heterocycles. The van der Waals surface area contributed by atoms with Crippen LogP contribution < -0.4 is 11.5 Å². The summed E-state index contributed by atoms with van der Waals surface area (Å²) in [4.78, 5) is 23.8. The fourth-order valence-electron chi connectivity index (χ4n) is 2.48. The van der Waals surface area contributed by atoms with Crippen molar-refractivity contribution in [3.63, 3.8) is 0 Å². The number of nitrogens with two attached hydrogens (primary N) is 2. The van der Waals surface area contributed by atoms with Crippen molar-refractivity contribution in [3.05, 3.63) is 71.3 Å². The van der Waals surface area contributed by atoms with Crippen LogP contribution in [0.2, 0.25) is 0 Å².